The maximum Gasteiger partial charge on any atom is 0.282 e. The number of carbonyl (C=O) groups is 3. The monoisotopic (exact) mass is 831 g/mol. The minimum Gasteiger partial charge on any atom is -0.492 e. The van der Waals surface area contributed by atoms with Crippen molar-refractivity contribution >= 4 is 45.9 Å². The number of hydrogen-bond acceptors (Lipinski definition) is 9. The van der Waals surface area contributed by atoms with Crippen LogP contribution in [0.2, 0.25) is 5.02 Å². The van der Waals surface area contributed by atoms with Gasteiger partial charge in [-0.3, -0.25) is 34.0 Å². The van der Waals surface area contributed by atoms with Gasteiger partial charge in [0.25, 0.3) is 11.5 Å². The zero-order chi connectivity index (χ0) is 41.3. The van der Waals surface area contributed by atoms with Gasteiger partial charge in [0, 0.05) is 85.9 Å². The van der Waals surface area contributed by atoms with E-state index in [0.717, 1.165) is 98.5 Å². The van der Waals surface area contributed by atoms with Crippen LogP contribution in [0.1, 0.15) is 105 Å². The average molecular weight is 832 g/mol. The first-order valence-corrected chi connectivity index (χ1v) is 22.3. The van der Waals surface area contributed by atoms with Crippen molar-refractivity contribution in [3.05, 3.63) is 92.0 Å². The first-order chi connectivity index (χ1) is 29.0. The quantitative estimate of drug-likeness (QED) is 0.244. The molecular formula is C47H54ClN7O5. The summed E-state index contributed by atoms with van der Waals surface area (Å²) in [5, 5.41) is 6.10. The lowest BCUT2D eigenvalue weighted by molar-refractivity contribution is -0.132. The molecule has 4 fully saturated rings. The van der Waals surface area contributed by atoms with E-state index < -0.39 is 0 Å². The van der Waals surface area contributed by atoms with Crippen molar-refractivity contribution in [1.82, 2.24) is 30.0 Å². The molecule has 13 heteroatoms. The fourth-order valence-electron chi connectivity index (χ4n) is 11.3. The van der Waals surface area contributed by atoms with Crippen LogP contribution in [0.3, 0.4) is 0 Å². The standard InChI is InChI=1S/C42H47ClN6O3.C5H7NO2/c1-41(2)31-12-10-28(22-35(31)49-34-5-3-4-33(43)36(34)39(51)45-40(41)49)48-20-18-47(19-21-48)27-8-6-26(7-9-27)24-46-16-14-42(15-17-46)25-52-37-30-23-44-38(50)29(30)11-13-32(37)42;7-4-2-1-3-5(8)6-4/h3-5,10-13,22,26-27H,6-9,14-21,23-25H2,1-2H3,(H,44,50);1-3H2,(H,6,7,8). The van der Waals surface area contributed by atoms with E-state index in [1.807, 2.05) is 18.2 Å². The van der Waals surface area contributed by atoms with Crippen molar-refractivity contribution in [3.63, 3.8) is 0 Å². The van der Waals surface area contributed by atoms with Gasteiger partial charge in [0.2, 0.25) is 11.8 Å². The largest absolute Gasteiger partial charge is 0.492 e. The van der Waals surface area contributed by atoms with Crippen molar-refractivity contribution in [2.24, 2.45) is 5.92 Å². The first kappa shape index (κ1) is 39.4. The topological polar surface area (TPSA) is 129 Å². The van der Waals surface area contributed by atoms with Crippen LogP contribution in [0.25, 0.3) is 16.6 Å². The number of ether oxygens (including phenoxy) is 1. The van der Waals surface area contributed by atoms with Crippen molar-refractivity contribution < 1.29 is 19.1 Å². The Morgan fingerprint density at radius 1 is 0.867 bits per heavy atom. The molecule has 1 saturated carbocycles. The third-order valence-electron chi connectivity index (χ3n) is 14.7. The molecule has 12 nitrogen and oxygen atoms in total. The van der Waals surface area contributed by atoms with E-state index in [-0.39, 0.29) is 34.1 Å². The Balaban J connectivity index is 0.000000488. The molecule has 1 aliphatic carbocycles. The van der Waals surface area contributed by atoms with Crippen LogP contribution in [0, 0.1) is 5.92 Å². The van der Waals surface area contributed by atoms with Gasteiger partial charge >= 0.3 is 0 Å². The van der Waals surface area contributed by atoms with E-state index in [0.29, 0.717) is 42.3 Å². The van der Waals surface area contributed by atoms with Crippen molar-refractivity contribution in [1.29, 1.82) is 0 Å². The van der Waals surface area contributed by atoms with Crippen LogP contribution in [0.5, 0.6) is 5.75 Å². The zero-order valence-electron chi connectivity index (χ0n) is 34.7. The summed E-state index contributed by atoms with van der Waals surface area (Å²) in [6.45, 7) is 13.3. The average Bonchev–Trinajstić information content (AvgIpc) is 3.88. The fourth-order valence-corrected chi connectivity index (χ4v) is 11.5. The summed E-state index contributed by atoms with van der Waals surface area (Å²) in [6, 6.07) is 17.3. The Hall–Kier alpha value is -4.78. The van der Waals surface area contributed by atoms with Gasteiger partial charge in [-0.1, -0.05) is 29.8 Å². The summed E-state index contributed by atoms with van der Waals surface area (Å²) in [5.41, 5.74) is 7.00. The Kier molecular flexibility index (Phi) is 10.0. The molecule has 0 unspecified atom stereocenters. The molecule has 7 heterocycles. The lowest BCUT2D eigenvalue weighted by Crippen LogP contribution is -2.51. The van der Waals surface area contributed by atoms with Gasteiger partial charge in [0.1, 0.15) is 11.6 Å². The number of anilines is 1. The fraction of sp³-hybridized carbons (Fsp3) is 0.511. The van der Waals surface area contributed by atoms with E-state index in [1.54, 1.807) is 6.07 Å². The molecular weight excluding hydrogens is 778 g/mol. The number of benzene rings is 3. The summed E-state index contributed by atoms with van der Waals surface area (Å²) < 4.78 is 8.45. The molecule has 3 aromatic carbocycles. The molecule has 6 aliphatic heterocycles. The molecule has 1 aromatic heterocycles. The predicted octanol–water partition coefficient (Wildman–Crippen LogP) is 5.84. The van der Waals surface area contributed by atoms with Crippen molar-refractivity contribution in [2.45, 2.75) is 95.1 Å². The maximum atomic E-state index is 13.1. The van der Waals surface area contributed by atoms with Gasteiger partial charge in [-0.15, -0.1) is 0 Å². The van der Waals surface area contributed by atoms with E-state index in [1.165, 1.54) is 49.0 Å². The minimum atomic E-state index is -0.379. The molecule has 60 heavy (non-hydrogen) atoms. The Morgan fingerprint density at radius 3 is 2.32 bits per heavy atom. The summed E-state index contributed by atoms with van der Waals surface area (Å²) in [4.78, 5) is 58.5. The van der Waals surface area contributed by atoms with E-state index in [2.05, 4.69) is 73.0 Å². The molecule has 314 valence electrons. The number of rotatable bonds is 4. The van der Waals surface area contributed by atoms with Gasteiger partial charge in [-0.25, -0.2) is 0 Å². The van der Waals surface area contributed by atoms with Crippen molar-refractivity contribution in [2.75, 3.05) is 57.3 Å². The second kappa shape index (κ2) is 15.3. The molecule has 3 amide bonds. The third kappa shape index (κ3) is 6.79. The molecule has 0 atom stereocenters. The molecule has 11 rings (SSSR count). The van der Waals surface area contributed by atoms with E-state index >= 15 is 0 Å². The molecule has 4 aromatic rings. The summed E-state index contributed by atoms with van der Waals surface area (Å²) in [6.07, 6.45) is 9.23. The second-order valence-electron chi connectivity index (χ2n) is 18.6. The van der Waals surface area contributed by atoms with Gasteiger partial charge in [-0.2, -0.15) is 4.98 Å². The Labute approximate surface area is 355 Å². The number of nitrogens with one attached hydrogen (secondary N) is 2. The van der Waals surface area contributed by atoms with Crippen LogP contribution >= 0.6 is 11.6 Å². The second-order valence-corrected chi connectivity index (χ2v) is 19.0. The molecule has 0 bridgehead atoms. The number of amides is 3. The van der Waals surface area contributed by atoms with Crippen LogP contribution in [-0.4, -0.2) is 95.5 Å². The predicted molar refractivity (Wildman–Crippen MR) is 231 cm³/mol. The molecule has 3 saturated heterocycles. The van der Waals surface area contributed by atoms with Crippen LogP contribution < -0.4 is 25.8 Å². The molecule has 0 radical (unpaired) electrons. The number of hydrogen-bond donors (Lipinski definition) is 2. The highest BCUT2D eigenvalue weighted by Crippen LogP contribution is 2.49. The number of halogens is 1. The maximum absolute atomic E-state index is 13.1. The number of nitrogens with zero attached hydrogens (tertiary/aromatic N) is 5. The SMILES string of the molecule is CC1(C)c2ccc(N3CCN(C4CCC(CN5CCC6(CC5)COc5c6ccc6c5CNC6=O)CC4)CC3)cc2-n2c1nc(=O)c1c(Cl)cccc12.O=C1CCCC(=O)N1. The van der Waals surface area contributed by atoms with Gasteiger partial charge in [-0.05, 0) is 114 Å². The normalized spacial score (nSPS) is 24.2. The number of imide groups is 1. The van der Waals surface area contributed by atoms with Gasteiger partial charge in [0.05, 0.1) is 33.6 Å². The minimum absolute atomic E-state index is 0.0279. The number of fused-ring (bicyclic) bond motifs is 9. The highest BCUT2D eigenvalue weighted by molar-refractivity contribution is 6.35. The first-order valence-electron chi connectivity index (χ1n) is 22.0. The number of aromatic nitrogens is 2. The summed E-state index contributed by atoms with van der Waals surface area (Å²) in [7, 11) is 0. The summed E-state index contributed by atoms with van der Waals surface area (Å²) in [5.74, 6) is 2.30. The smallest absolute Gasteiger partial charge is 0.282 e. The van der Waals surface area contributed by atoms with Crippen LogP contribution in [0.15, 0.2) is 53.3 Å². The highest BCUT2D eigenvalue weighted by atomic mass is 35.5. The number of piperazine rings is 1. The van der Waals surface area contributed by atoms with Gasteiger partial charge in [0.15, 0.2) is 0 Å². The highest BCUT2D eigenvalue weighted by Gasteiger charge is 2.46. The van der Waals surface area contributed by atoms with E-state index in [4.69, 9.17) is 16.3 Å². The number of carbonyl (C=O) groups excluding carboxylic acids is 3. The third-order valence-corrected chi connectivity index (χ3v) is 15.1. The van der Waals surface area contributed by atoms with Crippen LogP contribution in [-0.2, 0) is 27.0 Å². The Bertz CT molecular complexity index is 2440. The number of piperidine rings is 2. The summed E-state index contributed by atoms with van der Waals surface area (Å²) >= 11 is 6.52. The lowest BCUT2D eigenvalue weighted by atomic mass is 9.73. The van der Waals surface area contributed by atoms with Crippen molar-refractivity contribution in [3.8, 4) is 11.4 Å². The Morgan fingerprint density at radius 2 is 1.60 bits per heavy atom. The molecule has 1 spiro atoms. The molecule has 7 aliphatic rings. The number of likely N-dealkylation sites (tertiary alicyclic amines) is 1. The van der Waals surface area contributed by atoms with Crippen LogP contribution in [0.4, 0.5) is 5.69 Å². The molecule has 2 N–H and O–H groups in total. The lowest BCUT2D eigenvalue weighted by Gasteiger charge is -2.44. The van der Waals surface area contributed by atoms with E-state index in [9.17, 15) is 19.2 Å². The zero-order valence-corrected chi connectivity index (χ0v) is 35.4. The van der Waals surface area contributed by atoms with Gasteiger partial charge < -0.3 is 19.9 Å².